The van der Waals surface area contributed by atoms with Crippen molar-refractivity contribution in [2.24, 2.45) is 7.05 Å². The third-order valence-corrected chi connectivity index (χ3v) is 3.18. The van der Waals surface area contributed by atoms with Crippen molar-refractivity contribution in [3.63, 3.8) is 0 Å². The van der Waals surface area contributed by atoms with Crippen LogP contribution in [0.25, 0.3) is 0 Å². The summed E-state index contributed by atoms with van der Waals surface area (Å²) in [6, 6.07) is -1.60. The summed E-state index contributed by atoms with van der Waals surface area (Å²) in [7, 11) is 1.61. The van der Waals surface area contributed by atoms with Crippen molar-refractivity contribution in [1.29, 1.82) is 0 Å². The summed E-state index contributed by atoms with van der Waals surface area (Å²) in [6.45, 7) is 3.75. The highest BCUT2D eigenvalue weighted by Crippen LogP contribution is 2.27. The molecule has 0 saturated carbocycles. The number of nitrogens with one attached hydrogen (secondary N) is 1. The minimum atomic E-state index is -4.30. The van der Waals surface area contributed by atoms with E-state index in [1.807, 2.05) is 6.92 Å². The Hall–Kier alpha value is -0.750. The van der Waals surface area contributed by atoms with Gasteiger partial charge in [-0.3, -0.25) is 4.68 Å². The lowest BCUT2D eigenvalue weighted by Gasteiger charge is -2.21. The van der Waals surface area contributed by atoms with Crippen LogP contribution in [0.5, 0.6) is 0 Å². The first-order valence-electron chi connectivity index (χ1n) is 5.81. The maximum atomic E-state index is 12.8. The molecule has 0 aromatic carbocycles. The van der Waals surface area contributed by atoms with E-state index in [0.29, 0.717) is 22.8 Å². The number of rotatable bonds is 5. The van der Waals surface area contributed by atoms with Crippen LogP contribution in [0.4, 0.5) is 13.2 Å². The lowest BCUT2D eigenvalue weighted by molar-refractivity contribution is -0.155. The third-order valence-electron chi connectivity index (χ3n) is 2.75. The summed E-state index contributed by atoms with van der Waals surface area (Å²) in [6.07, 6.45) is -3.90. The van der Waals surface area contributed by atoms with Gasteiger partial charge in [0.25, 0.3) is 0 Å². The van der Waals surface area contributed by atoms with E-state index in [9.17, 15) is 13.2 Å². The molecule has 3 nitrogen and oxygen atoms in total. The van der Waals surface area contributed by atoms with E-state index in [1.54, 1.807) is 14.0 Å². The monoisotopic (exact) mass is 283 g/mol. The van der Waals surface area contributed by atoms with Crippen molar-refractivity contribution in [2.45, 2.75) is 38.9 Å². The highest BCUT2D eigenvalue weighted by molar-refractivity contribution is 6.31. The normalized spacial score (nSPS) is 13.9. The van der Waals surface area contributed by atoms with Crippen LogP contribution < -0.4 is 5.32 Å². The molecular formula is C11H17ClF3N3. The number of hydrogen-bond donors (Lipinski definition) is 1. The number of likely N-dealkylation sites (N-methyl/N-ethyl adjacent to an activating group) is 1. The van der Waals surface area contributed by atoms with Gasteiger partial charge in [0.05, 0.1) is 16.4 Å². The molecule has 1 aromatic heterocycles. The molecule has 1 unspecified atom stereocenters. The molecule has 0 fully saturated rings. The minimum Gasteiger partial charge on any atom is -0.306 e. The van der Waals surface area contributed by atoms with Gasteiger partial charge in [-0.25, -0.2) is 0 Å². The third kappa shape index (κ3) is 3.38. The van der Waals surface area contributed by atoms with Gasteiger partial charge in [-0.2, -0.15) is 18.3 Å². The van der Waals surface area contributed by atoms with E-state index in [-0.39, 0.29) is 13.0 Å². The predicted octanol–water partition coefficient (Wildman–Crippen LogP) is 2.72. The van der Waals surface area contributed by atoms with Gasteiger partial charge >= 0.3 is 6.18 Å². The molecule has 0 radical (unpaired) electrons. The lowest BCUT2D eigenvalue weighted by atomic mass is 10.1. The first-order chi connectivity index (χ1) is 8.31. The Balaban J connectivity index is 2.97. The highest BCUT2D eigenvalue weighted by atomic mass is 35.5. The molecule has 18 heavy (non-hydrogen) atoms. The van der Waals surface area contributed by atoms with Gasteiger partial charge < -0.3 is 5.32 Å². The van der Waals surface area contributed by atoms with E-state index < -0.39 is 12.2 Å². The SMILES string of the molecule is CCNC(Cc1c(Cl)c(CC)nn1C)C(F)(F)F. The highest BCUT2D eigenvalue weighted by Gasteiger charge is 2.40. The number of nitrogens with zero attached hydrogens (tertiary/aromatic N) is 2. The molecule has 1 N–H and O–H groups in total. The summed E-state index contributed by atoms with van der Waals surface area (Å²) >= 11 is 6.05. The molecule has 0 amide bonds. The van der Waals surface area contributed by atoms with Crippen molar-refractivity contribution in [1.82, 2.24) is 15.1 Å². The maximum Gasteiger partial charge on any atom is 0.404 e. The summed E-state index contributed by atoms with van der Waals surface area (Å²) < 4.78 is 39.9. The van der Waals surface area contributed by atoms with Crippen LogP contribution in [0.2, 0.25) is 5.02 Å². The van der Waals surface area contributed by atoms with Crippen molar-refractivity contribution >= 4 is 11.6 Å². The Labute approximate surface area is 109 Å². The summed E-state index contributed by atoms with van der Waals surface area (Å²) in [5, 5.41) is 6.88. The second kappa shape index (κ2) is 5.93. The summed E-state index contributed by atoms with van der Waals surface area (Å²) in [4.78, 5) is 0. The Morgan fingerprint density at radius 2 is 2.00 bits per heavy atom. The number of alkyl halides is 3. The fourth-order valence-corrected chi connectivity index (χ4v) is 2.16. The largest absolute Gasteiger partial charge is 0.404 e. The maximum absolute atomic E-state index is 12.8. The lowest BCUT2D eigenvalue weighted by Crippen LogP contribution is -2.44. The van der Waals surface area contributed by atoms with Gasteiger partial charge in [0.15, 0.2) is 0 Å². The van der Waals surface area contributed by atoms with Crippen LogP contribution in [-0.2, 0) is 19.9 Å². The molecule has 1 heterocycles. The van der Waals surface area contributed by atoms with Gasteiger partial charge in [-0.1, -0.05) is 25.4 Å². The van der Waals surface area contributed by atoms with E-state index in [2.05, 4.69) is 10.4 Å². The van der Waals surface area contributed by atoms with E-state index in [4.69, 9.17) is 11.6 Å². The second-order valence-electron chi connectivity index (χ2n) is 4.04. The average Bonchev–Trinajstić information content (AvgIpc) is 2.54. The number of aromatic nitrogens is 2. The number of hydrogen-bond acceptors (Lipinski definition) is 2. The smallest absolute Gasteiger partial charge is 0.306 e. The zero-order valence-electron chi connectivity index (χ0n) is 10.6. The molecule has 1 rings (SSSR count). The first-order valence-corrected chi connectivity index (χ1v) is 6.19. The van der Waals surface area contributed by atoms with Crippen LogP contribution in [0.15, 0.2) is 0 Å². The van der Waals surface area contributed by atoms with Crippen molar-refractivity contribution < 1.29 is 13.2 Å². The molecule has 7 heteroatoms. The van der Waals surface area contributed by atoms with Gasteiger partial charge in [0.1, 0.15) is 6.04 Å². The molecule has 0 aliphatic carbocycles. The fraction of sp³-hybridized carbons (Fsp3) is 0.727. The average molecular weight is 284 g/mol. The molecule has 0 saturated heterocycles. The van der Waals surface area contributed by atoms with Crippen LogP contribution >= 0.6 is 11.6 Å². The predicted molar refractivity (Wildman–Crippen MR) is 64.8 cm³/mol. The summed E-state index contributed by atoms with van der Waals surface area (Å²) in [5.41, 5.74) is 1.04. The Morgan fingerprint density at radius 1 is 1.39 bits per heavy atom. The Morgan fingerprint density at radius 3 is 2.39 bits per heavy atom. The molecule has 0 aliphatic rings. The van der Waals surface area contributed by atoms with Gasteiger partial charge in [-0.15, -0.1) is 0 Å². The van der Waals surface area contributed by atoms with Gasteiger partial charge in [0.2, 0.25) is 0 Å². The molecule has 104 valence electrons. The van der Waals surface area contributed by atoms with Crippen molar-refractivity contribution in [2.75, 3.05) is 6.54 Å². The van der Waals surface area contributed by atoms with Crippen molar-refractivity contribution in [3.05, 3.63) is 16.4 Å². The second-order valence-corrected chi connectivity index (χ2v) is 4.42. The topological polar surface area (TPSA) is 29.9 Å². The molecular weight excluding hydrogens is 267 g/mol. The van der Waals surface area contributed by atoms with E-state index in [0.717, 1.165) is 0 Å². The Bertz CT molecular complexity index is 401. The minimum absolute atomic E-state index is 0.209. The van der Waals surface area contributed by atoms with Gasteiger partial charge in [0, 0.05) is 13.5 Å². The number of aryl methyl sites for hydroxylation is 2. The van der Waals surface area contributed by atoms with Crippen LogP contribution in [0.1, 0.15) is 25.2 Å². The fourth-order valence-electron chi connectivity index (χ4n) is 1.78. The van der Waals surface area contributed by atoms with Crippen LogP contribution in [-0.4, -0.2) is 28.5 Å². The quantitative estimate of drug-likeness (QED) is 0.900. The molecule has 0 spiro atoms. The summed E-state index contributed by atoms with van der Waals surface area (Å²) in [5.74, 6) is 0. The standard InChI is InChI=1S/C11H17ClF3N3/c1-4-7-10(12)8(18(3)17-7)6-9(16-5-2)11(13,14)15/h9,16H,4-6H2,1-3H3. The van der Waals surface area contributed by atoms with Gasteiger partial charge in [-0.05, 0) is 13.0 Å². The van der Waals surface area contributed by atoms with E-state index in [1.165, 1.54) is 4.68 Å². The molecule has 0 aliphatic heterocycles. The molecule has 0 bridgehead atoms. The zero-order chi connectivity index (χ0) is 13.9. The molecule has 1 atom stereocenters. The zero-order valence-corrected chi connectivity index (χ0v) is 11.4. The first kappa shape index (κ1) is 15.3. The van der Waals surface area contributed by atoms with E-state index >= 15 is 0 Å². The van der Waals surface area contributed by atoms with Crippen LogP contribution in [0, 0.1) is 0 Å². The molecule has 1 aromatic rings. The number of halogens is 4. The van der Waals surface area contributed by atoms with Crippen LogP contribution in [0.3, 0.4) is 0 Å². The van der Waals surface area contributed by atoms with Crippen molar-refractivity contribution in [3.8, 4) is 0 Å². The Kier molecular flexibility index (Phi) is 5.04.